The summed E-state index contributed by atoms with van der Waals surface area (Å²) in [5, 5.41) is 9.06. The molecule has 0 aromatic carbocycles. The van der Waals surface area contributed by atoms with Gasteiger partial charge in [0.25, 0.3) is 0 Å². The molecule has 1 aliphatic rings. The monoisotopic (exact) mass is 284 g/mol. The summed E-state index contributed by atoms with van der Waals surface area (Å²) >= 11 is 0. The molecule has 0 bridgehead atoms. The van der Waals surface area contributed by atoms with Crippen LogP contribution < -0.4 is 0 Å². The van der Waals surface area contributed by atoms with Gasteiger partial charge in [-0.1, -0.05) is 13.3 Å². The van der Waals surface area contributed by atoms with E-state index in [0.29, 0.717) is 24.4 Å². The molecule has 0 amide bonds. The summed E-state index contributed by atoms with van der Waals surface area (Å²) in [5.74, 6) is -0.581. The van der Waals surface area contributed by atoms with Crippen molar-refractivity contribution in [3.63, 3.8) is 0 Å². The smallest absolute Gasteiger partial charge is 0.339 e. The second kappa shape index (κ2) is 5.24. The van der Waals surface area contributed by atoms with Gasteiger partial charge in [0.2, 0.25) is 0 Å². The fraction of sp³-hybridized carbons (Fsp3) is 0.583. The van der Waals surface area contributed by atoms with E-state index >= 15 is 0 Å². The number of aryl methyl sites for hydroxylation is 1. The van der Waals surface area contributed by atoms with E-state index in [0.717, 1.165) is 6.42 Å². The van der Waals surface area contributed by atoms with Crippen molar-refractivity contribution >= 4 is 15.8 Å². The summed E-state index contributed by atoms with van der Waals surface area (Å²) in [4.78, 5) is 19.4. The molecule has 1 atom stereocenters. The van der Waals surface area contributed by atoms with E-state index in [-0.39, 0.29) is 23.0 Å². The first-order chi connectivity index (χ1) is 8.93. The van der Waals surface area contributed by atoms with E-state index in [1.54, 1.807) is 0 Å². The zero-order chi connectivity index (χ0) is 14.0. The number of rotatable bonds is 4. The van der Waals surface area contributed by atoms with Crippen LogP contribution in [0.1, 0.15) is 47.6 Å². The maximum absolute atomic E-state index is 11.5. The fourth-order valence-corrected chi connectivity index (χ4v) is 3.97. The highest BCUT2D eigenvalue weighted by molar-refractivity contribution is 7.91. The van der Waals surface area contributed by atoms with E-state index < -0.39 is 15.8 Å². The summed E-state index contributed by atoms with van der Waals surface area (Å²) in [5.41, 5.74) is 0.593. The summed E-state index contributed by atoms with van der Waals surface area (Å²) in [6, 6.07) is 0. The number of carboxylic acids is 1. The lowest BCUT2D eigenvalue weighted by Crippen LogP contribution is -2.12. The summed E-state index contributed by atoms with van der Waals surface area (Å²) in [7, 11) is -2.99. The van der Waals surface area contributed by atoms with Crippen LogP contribution in [0.3, 0.4) is 0 Å². The Morgan fingerprint density at radius 1 is 1.53 bits per heavy atom. The summed E-state index contributed by atoms with van der Waals surface area (Å²) in [6.45, 7) is 1.94. The molecule has 2 heterocycles. The molecule has 1 fully saturated rings. The van der Waals surface area contributed by atoms with Crippen LogP contribution in [0.25, 0.3) is 0 Å². The Labute approximate surface area is 111 Å². The molecule has 1 aromatic rings. The predicted octanol–water partition coefficient (Wildman–Crippen LogP) is 1.03. The molecule has 19 heavy (non-hydrogen) atoms. The van der Waals surface area contributed by atoms with Crippen LogP contribution in [-0.4, -0.2) is 41.0 Å². The molecule has 6 nitrogen and oxygen atoms in total. The van der Waals surface area contributed by atoms with Crippen molar-refractivity contribution in [2.24, 2.45) is 0 Å². The number of carboxylic acid groups (broad SMARTS) is 1. The topological polar surface area (TPSA) is 97.2 Å². The minimum atomic E-state index is -2.99. The van der Waals surface area contributed by atoms with Crippen molar-refractivity contribution < 1.29 is 18.3 Å². The Bertz CT molecular complexity index is 598. The molecular formula is C12H16N2O4S. The van der Waals surface area contributed by atoms with Crippen LogP contribution in [0, 0.1) is 0 Å². The van der Waals surface area contributed by atoms with Crippen molar-refractivity contribution in [3.05, 3.63) is 23.3 Å². The maximum Gasteiger partial charge on any atom is 0.339 e. The van der Waals surface area contributed by atoms with Crippen LogP contribution in [0.15, 0.2) is 6.20 Å². The van der Waals surface area contributed by atoms with Crippen LogP contribution in [0.4, 0.5) is 0 Å². The van der Waals surface area contributed by atoms with Crippen molar-refractivity contribution in [2.75, 3.05) is 11.5 Å². The van der Waals surface area contributed by atoms with Crippen molar-refractivity contribution in [2.45, 2.75) is 32.1 Å². The SMILES string of the molecule is CCCc1nc(C2CCS(=O)(=O)C2)ncc1C(=O)O. The van der Waals surface area contributed by atoms with Gasteiger partial charge in [0.05, 0.1) is 22.8 Å². The molecule has 7 heteroatoms. The minimum Gasteiger partial charge on any atom is -0.478 e. The third-order valence-electron chi connectivity index (χ3n) is 3.20. The van der Waals surface area contributed by atoms with E-state index in [9.17, 15) is 13.2 Å². The molecule has 0 saturated carbocycles. The Hall–Kier alpha value is -1.50. The normalized spacial score (nSPS) is 21.4. The summed E-state index contributed by atoms with van der Waals surface area (Å²) < 4.78 is 22.9. The first-order valence-electron chi connectivity index (χ1n) is 6.22. The molecule has 1 saturated heterocycles. The van der Waals surface area contributed by atoms with Gasteiger partial charge >= 0.3 is 5.97 Å². The minimum absolute atomic E-state index is 0.0605. The molecular weight excluding hydrogens is 268 g/mol. The first-order valence-corrected chi connectivity index (χ1v) is 8.04. The van der Waals surface area contributed by atoms with Gasteiger partial charge in [0, 0.05) is 12.1 Å². The van der Waals surface area contributed by atoms with Gasteiger partial charge in [-0.15, -0.1) is 0 Å². The number of hydrogen-bond acceptors (Lipinski definition) is 5. The molecule has 0 radical (unpaired) electrons. The van der Waals surface area contributed by atoms with Crippen molar-refractivity contribution in [3.8, 4) is 0 Å². The Kier molecular flexibility index (Phi) is 3.84. The number of carbonyl (C=O) groups is 1. The van der Waals surface area contributed by atoms with Gasteiger partial charge in [0.1, 0.15) is 5.82 Å². The maximum atomic E-state index is 11.5. The molecule has 0 spiro atoms. The first kappa shape index (κ1) is 13.9. The van der Waals surface area contributed by atoms with E-state index in [1.165, 1.54) is 6.20 Å². The number of aromatic nitrogens is 2. The van der Waals surface area contributed by atoms with Crippen LogP contribution >= 0.6 is 0 Å². The van der Waals surface area contributed by atoms with Crippen LogP contribution in [-0.2, 0) is 16.3 Å². The molecule has 1 aromatic heterocycles. The van der Waals surface area contributed by atoms with Gasteiger partial charge in [-0.3, -0.25) is 0 Å². The van der Waals surface area contributed by atoms with Gasteiger partial charge in [-0.25, -0.2) is 23.2 Å². The van der Waals surface area contributed by atoms with E-state index in [4.69, 9.17) is 5.11 Å². The van der Waals surface area contributed by atoms with Crippen molar-refractivity contribution in [1.29, 1.82) is 0 Å². The standard InChI is InChI=1S/C12H16N2O4S/c1-2-3-10-9(12(15)16)6-13-11(14-10)8-4-5-19(17,18)7-8/h6,8H,2-5,7H2,1H3,(H,15,16). The summed E-state index contributed by atoms with van der Waals surface area (Å²) in [6.07, 6.45) is 3.14. The lowest BCUT2D eigenvalue weighted by Gasteiger charge is -2.10. The number of sulfone groups is 1. The Balaban J connectivity index is 2.33. The fourth-order valence-electron chi connectivity index (χ4n) is 2.23. The zero-order valence-electron chi connectivity index (χ0n) is 10.7. The molecule has 104 valence electrons. The third-order valence-corrected chi connectivity index (χ3v) is 4.97. The number of aromatic carboxylic acids is 1. The molecule has 2 rings (SSSR count). The lowest BCUT2D eigenvalue weighted by atomic mass is 10.1. The highest BCUT2D eigenvalue weighted by Gasteiger charge is 2.31. The second-order valence-electron chi connectivity index (χ2n) is 4.74. The van der Waals surface area contributed by atoms with E-state index in [1.807, 2.05) is 6.92 Å². The third kappa shape index (κ3) is 3.09. The Morgan fingerprint density at radius 2 is 2.26 bits per heavy atom. The average Bonchev–Trinajstić information content (AvgIpc) is 2.70. The second-order valence-corrected chi connectivity index (χ2v) is 6.97. The molecule has 1 unspecified atom stereocenters. The van der Waals surface area contributed by atoms with Gasteiger partial charge in [-0.05, 0) is 12.8 Å². The zero-order valence-corrected chi connectivity index (χ0v) is 11.5. The largest absolute Gasteiger partial charge is 0.478 e. The molecule has 1 N–H and O–H groups in total. The van der Waals surface area contributed by atoms with Gasteiger partial charge in [0.15, 0.2) is 9.84 Å². The van der Waals surface area contributed by atoms with Crippen LogP contribution in [0.5, 0.6) is 0 Å². The number of hydrogen-bond donors (Lipinski definition) is 1. The Morgan fingerprint density at radius 3 is 2.79 bits per heavy atom. The quantitative estimate of drug-likeness (QED) is 0.886. The van der Waals surface area contributed by atoms with Crippen LogP contribution in [0.2, 0.25) is 0 Å². The number of nitrogens with zero attached hydrogens (tertiary/aromatic N) is 2. The lowest BCUT2D eigenvalue weighted by molar-refractivity contribution is 0.0694. The van der Waals surface area contributed by atoms with Gasteiger partial charge in [-0.2, -0.15) is 0 Å². The molecule has 1 aliphatic heterocycles. The van der Waals surface area contributed by atoms with Gasteiger partial charge < -0.3 is 5.11 Å². The predicted molar refractivity (Wildman–Crippen MR) is 69.0 cm³/mol. The van der Waals surface area contributed by atoms with Crippen molar-refractivity contribution in [1.82, 2.24) is 9.97 Å². The average molecular weight is 284 g/mol. The molecule has 0 aliphatic carbocycles. The highest BCUT2D eigenvalue weighted by Crippen LogP contribution is 2.27. The highest BCUT2D eigenvalue weighted by atomic mass is 32.2. The van der Waals surface area contributed by atoms with E-state index in [2.05, 4.69) is 9.97 Å².